The lowest BCUT2D eigenvalue weighted by Crippen LogP contribution is -2.36. The Bertz CT molecular complexity index is 1020. The van der Waals surface area contributed by atoms with Gasteiger partial charge in [0.15, 0.2) is 0 Å². The average molecular weight is 419 g/mol. The van der Waals surface area contributed by atoms with Crippen LogP contribution in [-0.2, 0) is 10.0 Å². The summed E-state index contributed by atoms with van der Waals surface area (Å²) in [4.78, 5) is 12.1. The largest absolute Gasteiger partial charge is 0.492 e. The summed E-state index contributed by atoms with van der Waals surface area (Å²) in [6.07, 6.45) is 0. The van der Waals surface area contributed by atoms with Gasteiger partial charge in [-0.2, -0.15) is 0 Å². The van der Waals surface area contributed by atoms with E-state index in [-0.39, 0.29) is 16.1 Å². The lowest BCUT2D eigenvalue weighted by molar-refractivity contribution is 0.102. The third kappa shape index (κ3) is 5.35. The predicted molar refractivity (Wildman–Crippen MR) is 106 cm³/mol. The van der Waals surface area contributed by atoms with Crippen LogP contribution in [0.3, 0.4) is 0 Å². The van der Waals surface area contributed by atoms with Crippen LogP contribution in [0.4, 0.5) is 5.13 Å². The molecule has 0 saturated heterocycles. The van der Waals surface area contributed by atoms with E-state index in [9.17, 15) is 13.2 Å². The van der Waals surface area contributed by atoms with Gasteiger partial charge in [0.2, 0.25) is 9.47 Å². The fourth-order valence-electron chi connectivity index (χ4n) is 2.21. The number of carbonyl (C=O) groups is 1. The quantitative estimate of drug-likeness (QED) is 0.544. The summed E-state index contributed by atoms with van der Waals surface area (Å²) in [6, 6.07) is 17.1. The highest BCUT2D eigenvalue weighted by atomic mass is 32.2. The summed E-state index contributed by atoms with van der Waals surface area (Å²) >= 11 is 0.774. The highest BCUT2D eigenvalue weighted by molar-refractivity contribution is 7.91. The van der Waals surface area contributed by atoms with E-state index < -0.39 is 22.0 Å². The second-order valence-electron chi connectivity index (χ2n) is 5.84. The number of nitrogens with one attached hydrogen (secondary N) is 2. The fourth-order valence-corrected chi connectivity index (χ4v) is 4.35. The molecule has 2 aromatic carbocycles. The number of rotatable bonds is 8. The highest BCUT2D eigenvalue weighted by Crippen LogP contribution is 2.21. The number of hydrogen-bond donors (Lipinski definition) is 2. The number of amides is 1. The number of anilines is 1. The van der Waals surface area contributed by atoms with Crippen LogP contribution in [0.2, 0.25) is 0 Å². The number of aromatic nitrogens is 2. The van der Waals surface area contributed by atoms with Crippen LogP contribution >= 0.6 is 11.3 Å². The molecule has 1 aromatic heterocycles. The van der Waals surface area contributed by atoms with Gasteiger partial charge in [0.05, 0.1) is 6.04 Å². The molecule has 0 aliphatic carbocycles. The van der Waals surface area contributed by atoms with Crippen molar-refractivity contribution in [2.24, 2.45) is 0 Å². The Morgan fingerprint density at radius 3 is 2.39 bits per heavy atom. The molecule has 1 amide bonds. The Hall–Kier alpha value is -2.82. The molecule has 0 saturated carbocycles. The van der Waals surface area contributed by atoms with Gasteiger partial charge in [0.25, 0.3) is 15.9 Å². The zero-order chi connectivity index (χ0) is 20.0. The Morgan fingerprint density at radius 1 is 1.07 bits per heavy atom. The summed E-state index contributed by atoms with van der Waals surface area (Å²) < 4.78 is 32.7. The normalized spacial score (nSPS) is 12.3. The minimum Gasteiger partial charge on any atom is -0.492 e. The van der Waals surface area contributed by atoms with Crippen molar-refractivity contribution in [1.82, 2.24) is 14.9 Å². The Labute approximate surface area is 166 Å². The van der Waals surface area contributed by atoms with Crippen molar-refractivity contribution in [3.8, 4) is 5.75 Å². The van der Waals surface area contributed by atoms with E-state index in [4.69, 9.17) is 4.74 Å². The van der Waals surface area contributed by atoms with E-state index >= 15 is 0 Å². The van der Waals surface area contributed by atoms with Crippen LogP contribution in [0.25, 0.3) is 0 Å². The molecule has 146 valence electrons. The van der Waals surface area contributed by atoms with Crippen molar-refractivity contribution in [3.05, 3.63) is 66.2 Å². The molecule has 2 N–H and O–H groups in total. The molecule has 10 heteroatoms. The molecule has 1 atom stereocenters. The average Bonchev–Trinajstić information content (AvgIpc) is 3.17. The zero-order valence-electron chi connectivity index (χ0n) is 14.9. The number of nitrogens with zero attached hydrogens (tertiary/aromatic N) is 2. The maximum Gasteiger partial charge on any atom is 0.270 e. The second-order valence-corrected chi connectivity index (χ2v) is 8.70. The first-order chi connectivity index (χ1) is 13.4. The topological polar surface area (TPSA) is 110 Å². The van der Waals surface area contributed by atoms with Gasteiger partial charge in [-0.15, -0.1) is 10.2 Å². The van der Waals surface area contributed by atoms with Gasteiger partial charge in [0.1, 0.15) is 12.4 Å². The summed E-state index contributed by atoms with van der Waals surface area (Å²) in [5, 5.41) is 10.0. The number of carbonyl (C=O) groups excluding carboxylic acids is 1. The van der Waals surface area contributed by atoms with Gasteiger partial charge >= 0.3 is 0 Å². The Morgan fingerprint density at radius 2 is 1.71 bits per heavy atom. The van der Waals surface area contributed by atoms with Crippen molar-refractivity contribution in [1.29, 1.82) is 0 Å². The molecule has 0 spiro atoms. The van der Waals surface area contributed by atoms with Gasteiger partial charge < -0.3 is 4.74 Å². The van der Waals surface area contributed by atoms with Crippen molar-refractivity contribution in [3.63, 3.8) is 0 Å². The number of ether oxygens (including phenoxy) is 1. The summed E-state index contributed by atoms with van der Waals surface area (Å²) in [7, 11) is -3.88. The van der Waals surface area contributed by atoms with Crippen LogP contribution in [0.1, 0.15) is 17.3 Å². The third-order valence-electron chi connectivity index (χ3n) is 3.49. The molecule has 28 heavy (non-hydrogen) atoms. The first-order valence-corrected chi connectivity index (χ1v) is 10.6. The van der Waals surface area contributed by atoms with E-state index in [1.807, 2.05) is 18.2 Å². The Balaban J connectivity index is 1.59. The van der Waals surface area contributed by atoms with Crippen molar-refractivity contribution >= 4 is 32.4 Å². The van der Waals surface area contributed by atoms with E-state index in [1.165, 1.54) is 0 Å². The molecule has 3 rings (SSSR count). The monoisotopic (exact) mass is 418 g/mol. The van der Waals surface area contributed by atoms with Crippen molar-refractivity contribution in [2.45, 2.75) is 17.3 Å². The van der Waals surface area contributed by atoms with Crippen LogP contribution in [0.15, 0.2) is 65.0 Å². The van der Waals surface area contributed by atoms with E-state index in [0.717, 1.165) is 11.3 Å². The molecule has 3 aromatic rings. The molecule has 0 aliphatic rings. The molecule has 0 radical (unpaired) electrons. The van der Waals surface area contributed by atoms with E-state index in [0.29, 0.717) is 11.3 Å². The summed E-state index contributed by atoms with van der Waals surface area (Å²) in [5.41, 5.74) is 0.437. The van der Waals surface area contributed by atoms with Gasteiger partial charge in [-0.3, -0.25) is 10.1 Å². The lowest BCUT2D eigenvalue weighted by Gasteiger charge is -2.13. The smallest absolute Gasteiger partial charge is 0.270 e. The van der Waals surface area contributed by atoms with Crippen molar-refractivity contribution in [2.75, 3.05) is 11.9 Å². The number of hydrogen-bond acceptors (Lipinski definition) is 7. The lowest BCUT2D eigenvalue weighted by atomic mass is 10.2. The minimum absolute atomic E-state index is 0.0995. The van der Waals surface area contributed by atoms with Crippen LogP contribution in [0, 0.1) is 0 Å². The fraction of sp³-hybridized carbons (Fsp3) is 0.167. The minimum atomic E-state index is -3.88. The molecular weight excluding hydrogens is 400 g/mol. The first kappa shape index (κ1) is 19.9. The standard InChI is InChI=1S/C18H18N4O4S2/c1-13(12-26-15-10-6-3-7-11-15)22-28(24,25)18-21-20-17(27-18)19-16(23)14-8-4-2-5-9-14/h2-11,13,22H,12H2,1H3,(H,19,20,23). The van der Waals surface area contributed by atoms with Gasteiger partial charge in [-0.25, -0.2) is 13.1 Å². The van der Waals surface area contributed by atoms with Crippen LogP contribution in [0.5, 0.6) is 5.75 Å². The summed E-state index contributed by atoms with van der Waals surface area (Å²) in [5.74, 6) is 0.258. The maximum atomic E-state index is 12.5. The molecule has 8 nitrogen and oxygen atoms in total. The zero-order valence-corrected chi connectivity index (χ0v) is 16.5. The van der Waals surface area contributed by atoms with Gasteiger partial charge in [0, 0.05) is 5.56 Å². The maximum absolute atomic E-state index is 12.5. The number of sulfonamides is 1. The molecule has 0 aliphatic heterocycles. The highest BCUT2D eigenvalue weighted by Gasteiger charge is 2.23. The first-order valence-electron chi connectivity index (χ1n) is 8.34. The SMILES string of the molecule is CC(COc1ccccc1)NS(=O)(=O)c1nnc(NC(=O)c2ccccc2)s1. The molecule has 0 fully saturated rings. The molecule has 1 heterocycles. The van der Waals surface area contributed by atoms with Crippen molar-refractivity contribution < 1.29 is 17.9 Å². The number of benzene rings is 2. The van der Waals surface area contributed by atoms with E-state index in [2.05, 4.69) is 20.2 Å². The van der Waals surface area contributed by atoms with Crippen LogP contribution < -0.4 is 14.8 Å². The van der Waals surface area contributed by atoms with Gasteiger partial charge in [-0.1, -0.05) is 47.7 Å². The molecular formula is C18H18N4O4S2. The van der Waals surface area contributed by atoms with E-state index in [1.54, 1.807) is 49.4 Å². The van der Waals surface area contributed by atoms with Gasteiger partial charge in [-0.05, 0) is 31.2 Å². The molecule has 1 unspecified atom stereocenters. The number of para-hydroxylation sites is 1. The third-order valence-corrected chi connectivity index (χ3v) is 6.29. The summed E-state index contributed by atoms with van der Waals surface area (Å²) in [6.45, 7) is 1.83. The predicted octanol–water partition coefficient (Wildman–Crippen LogP) is 2.54. The second kappa shape index (κ2) is 8.91. The Kier molecular flexibility index (Phi) is 6.34. The van der Waals surface area contributed by atoms with Crippen LogP contribution in [-0.4, -0.2) is 37.2 Å². The molecule has 0 bridgehead atoms.